The Morgan fingerprint density at radius 1 is 0.852 bits per heavy atom. The number of aromatic hydroxyl groups is 1. The third-order valence-electron chi connectivity index (χ3n) is 5.46. The van der Waals surface area contributed by atoms with Crippen LogP contribution in [0.15, 0.2) is 47.3 Å². The minimum Gasteiger partial charge on any atom is -0.504 e. The first-order valence-electron chi connectivity index (χ1n) is 9.15. The van der Waals surface area contributed by atoms with Crippen molar-refractivity contribution in [2.24, 2.45) is 0 Å². The van der Waals surface area contributed by atoms with Gasteiger partial charge in [-0.15, -0.1) is 0 Å². The van der Waals surface area contributed by atoms with Crippen LogP contribution in [-0.2, 0) is 10.8 Å². The summed E-state index contributed by atoms with van der Waals surface area (Å²) in [5.41, 5.74) is 3.44. The quantitative estimate of drug-likeness (QED) is 0.718. The normalized spacial score (nSPS) is 16.9. The van der Waals surface area contributed by atoms with Gasteiger partial charge in [-0.2, -0.15) is 0 Å². The van der Waals surface area contributed by atoms with E-state index in [9.17, 15) is 14.7 Å². The monoisotopic (exact) mass is 366 g/mol. The molecular weight excluding hydrogens is 340 g/mol. The highest BCUT2D eigenvalue weighted by molar-refractivity contribution is 5.99. The maximum Gasteiger partial charge on any atom is 0.323 e. The molecule has 0 radical (unpaired) electrons. The van der Waals surface area contributed by atoms with Crippen LogP contribution < -0.4 is 16.1 Å². The van der Waals surface area contributed by atoms with Crippen LogP contribution in [0.25, 0.3) is 0 Å². The Kier molecular flexibility index (Phi) is 4.72. The van der Waals surface area contributed by atoms with Gasteiger partial charge < -0.3 is 15.7 Å². The smallest absolute Gasteiger partial charge is 0.323 e. The molecule has 0 unspecified atom stereocenters. The van der Waals surface area contributed by atoms with E-state index in [1.807, 2.05) is 6.07 Å². The number of anilines is 2. The zero-order valence-corrected chi connectivity index (χ0v) is 16.2. The fourth-order valence-electron chi connectivity index (χ4n) is 3.60. The van der Waals surface area contributed by atoms with Gasteiger partial charge in [0.1, 0.15) is 0 Å². The molecule has 5 nitrogen and oxygen atoms in total. The molecule has 0 bridgehead atoms. The highest BCUT2D eigenvalue weighted by Crippen LogP contribution is 2.46. The molecule has 1 aliphatic rings. The largest absolute Gasteiger partial charge is 0.504 e. The fraction of sp³-hybridized carbons (Fsp3) is 0.364. The average Bonchev–Trinajstić information content (AvgIpc) is 2.75. The molecule has 0 aromatic heterocycles. The standard InChI is InChI=1S/C22H26N2O3/c1-21(2)11-12-22(3,4)17-13-15(5-8-16(17)21)24-20(27)23-14-6-9-18(25)19(26)10-7-14/h5-10,13H,11-12H2,1-4H3,(H,25,26)(H2,23,24,27). The van der Waals surface area contributed by atoms with Gasteiger partial charge in [0.2, 0.25) is 5.43 Å². The number of urea groups is 1. The van der Waals surface area contributed by atoms with Gasteiger partial charge in [-0.05, 0) is 71.2 Å². The lowest BCUT2D eigenvalue weighted by Gasteiger charge is -2.42. The number of fused-ring (bicyclic) bond motifs is 1. The molecule has 1 aliphatic carbocycles. The second-order valence-corrected chi connectivity index (χ2v) is 8.48. The Bertz CT molecular complexity index is 948. The highest BCUT2D eigenvalue weighted by atomic mass is 16.3. The molecule has 2 aromatic carbocycles. The van der Waals surface area contributed by atoms with Crippen molar-refractivity contribution in [1.29, 1.82) is 0 Å². The summed E-state index contributed by atoms with van der Waals surface area (Å²) in [5, 5.41) is 15.0. The number of carbonyl (C=O) groups is 1. The lowest BCUT2D eigenvalue weighted by atomic mass is 9.63. The second kappa shape index (κ2) is 6.72. The Hall–Kier alpha value is -2.82. The van der Waals surface area contributed by atoms with Crippen molar-refractivity contribution >= 4 is 17.4 Å². The van der Waals surface area contributed by atoms with Crippen LogP contribution in [0.5, 0.6) is 5.75 Å². The van der Waals surface area contributed by atoms with Crippen molar-refractivity contribution in [3.63, 3.8) is 0 Å². The lowest BCUT2D eigenvalue weighted by molar-refractivity contribution is 0.262. The first-order valence-corrected chi connectivity index (χ1v) is 9.15. The fourth-order valence-corrected chi connectivity index (χ4v) is 3.60. The SMILES string of the molecule is CC1(C)CCC(C)(C)c2cc(NC(=O)Nc3ccc(O)c(=O)cc3)ccc21. The van der Waals surface area contributed by atoms with Crippen LogP contribution in [0.4, 0.5) is 16.2 Å². The number of carbonyl (C=O) groups excluding carboxylic acids is 1. The number of benzene rings is 1. The molecule has 0 heterocycles. The maximum absolute atomic E-state index is 12.3. The molecule has 3 N–H and O–H groups in total. The first-order chi connectivity index (χ1) is 12.6. The van der Waals surface area contributed by atoms with Crippen LogP contribution in [0.2, 0.25) is 0 Å². The Labute approximate surface area is 159 Å². The number of hydrogen-bond acceptors (Lipinski definition) is 3. The van der Waals surface area contributed by atoms with Crippen LogP contribution in [0, 0.1) is 0 Å². The van der Waals surface area contributed by atoms with Gasteiger partial charge in [-0.25, -0.2) is 4.79 Å². The summed E-state index contributed by atoms with van der Waals surface area (Å²) in [6.45, 7) is 9.00. The van der Waals surface area contributed by atoms with Crippen molar-refractivity contribution < 1.29 is 9.90 Å². The number of rotatable bonds is 2. The predicted octanol–water partition coefficient (Wildman–Crippen LogP) is 4.75. The van der Waals surface area contributed by atoms with E-state index < -0.39 is 11.5 Å². The molecule has 0 spiro atoms. The molecule has 0 saturated heterocycles. The van der Waals surface area contributed by atoms with Gasteiger partial charge >= 0.3 is 6.03 Å². The molecule has 27 heavy (non-hydrogen) atoms. The highest BCUT2D eigenvalue weighted by Gasteiger charge is 2.36. The van der Waals surface area contributed by atoms with E-state index in [0.29, 0.717) is 5.69 Å². The Morgan fingerprint density at radius 3 is 2.11 bits per heavy atom. The third-order valence-corrected chi connectivity index (χ3v) is 5.46. The summed E-state index contributed by atoms with van der Waals surface area (Å²) in [6.07, 6.45) is 2.24. The van der Waals surface area contributed by atoms with E-state index in [2.05, 4.69) is 50.5 Å². The summed E-state index contributed by atoms with van der Waals surface area (Å²) in [7, 11) is 0. The molecule has 3 rings (SSSR count). The molecule has 0 fully saturated rings. The molecular formula is C22H26N2O3. The molecule has 0 aliphatic heterocycles. The summed E-state index contributed by atoms with van der Waals surface area (Å²) in [5.74, 6) is -0.358. The molecule has 0 atom stereocenters. The number of nitrogens with one attached hydrogen (secondary N) is 2. The predicted molar refractivity (Wildman–Crippen MR) is 109 cm³/mol. The summed E-state index contributed by atoms with van der Waals surface area (Å²) in [6, 6.07) is 11.1. The lowest BCUT2D eigenvalue weighted by Crippen LogP contribution is -2.34. The van der Waals surface area contributed by atoms with E-state index in [4.69, 9.17) is 0 Å². The van der Waals surface area contributed by atoms with Gasteiger partial charge in [0, 0.05) is 11.4 Å². The maximum atomic E-state index is 12.3. The summed E-state index contributed by atoms with van der Waals surface area (Å²) < 4.78 is 0. The van der Waals surface area contributed by atoms with Gasteiger partial charge in [0.15, 0.2) is 5.75 Å². The number of amides is 2. The van der Waals surface area contributed by atoms with Crippen molar-refractivity contribution in [1.82, 2.24) is 0 Å². The zero-order valence-electron chi connectivity index (χ0n) is 16.2. The Balaban J connectivity index is 1.81. The van der Waals surface area contributed by atoms with Crippen molar-refractivity contribution in [2.75, 3.05) is 10.6 Å². The van der Waals surface area contributed by atoms with Crippen molar-refractivity contribution in [2.45, 2.75) is 51.4 Å². The van der Waals surface area contributed by atoms with Crippen LogP contribution in [0.1, 0.15) is 51.7 Å². The third kappa shape index (κ3) is 3.97. The van der Waals surface area contributed by atoms with Crippen molar-refractivity contribution in [3.8, 4) is 5.75 Å². The summed E-state index contributed by atoms with van der Waals surface area (Å²) >= 11 is 0. The first kappa shape index (κ1) is 19.0. The molecule has 0 saturated carbocycles. The minimum absolute atomic E-state index is 0.0637. The summed E-state index contributed by atoms with van der Waals surface area (Å²) in [4.78, 5) is 23.8. The minimum atomic E-state index is -0.497. The molecule has 2 aromatic rings. The second-order valence-electron chi connectivity index (χ2n) is 8.48. The van der Waals surface area contributed by atoms with Gasteiger partial charge in [0.25, 0.3) is 0 Å². The van der Waals surface area contributed by atoms with Crippen LogP contribution >= 0.6 is 0 Å². The molecule has 2 amide bonds. The Morgan fingerprint density at radius 2 is 1.41 bits per heavy atom. The molecule has 5 heteroatoms. The van der Waals surface area contributed by atoms with Gasteiger partial charge in [-0.3, -0.25) is 4.79 Å². The van der Waals surface area contributed by atoms with E-state index in [0.717, 1.165) is 18.5 Å². The topological polar surface area (TPSA) is 78.4 Å². The van der Waals surface area contributed by atoms with E-state index in [1.165, 1.54) is 35.4 Å². The van der Waals surface area contributed by atoms with Gasteiger partial charge in [0.05, 0.1) is 0 Å². The van der Waals surface area contributed by atoms with E-state index in [1.54, 1.807) is 0 Å². The number of hydrogen-bond donors (Lipinski definition) is 3. The average molecular weight is 366 g/mol. The van der Waals surface area contributed by atoms with Crippen LogP contribution in [0.3, 0.4) is 0 Å². The zero-order chi connectivity index (χ0) is 19.8. The van der Waals surface area contributed by atoms with Crippen LogP contribution in [-0.4, -0.2) is 11.1 Å². The van der Waals surface area contributed by atoms with E-state index in [-0.39, 0.29) is 16.6 Å². The molecule has 142 valence electrons. The van der Waals surface area contributed by atoms with Gasteiger partial charge in [-0.1, -0.05) is 33.8 Å². The van der Waals surface area contributed by atoms with E-state index >= 15 is 0 Å². The van der Waals surface area contributed by atoms with Crippen molar-refractivity contribution in [3.05, 3.63) is 63.8 Å².